The summed E-state index contributed by atoms with van der Waals surface area (Å²) < 4.78 is 47.3. The molecule has 0 heterocycles. The normalized spacial score (nSPS) is 11.2. The van der Waals surface area contributed by atoms with Gasteiger partial charge in [-0.3, -0.25) is 4.31 Å². The molecule has 0 aliphatic rings. The third kappa shape index (κ3) is 4.31. The van der Waals surface area contributed by atoms with Gasteiger partial charge in [-0.25, -0.2) is 12.8 Å². The van der Waals surface area contributed by atoms with E-state index in [1.54, 1.807) is 24.3 Å². The lowest BCUT2D eigenvalue weighted by Crippen LogP contribution is -2.30. The Labute approximate surface area is 166 Å². The number of methoxy groups -OCH3 is 1. The molecule has 0 unspecified atom stereocenters. The van der Waals surface area contributed by atoms with Crippen LogP contribution in [-0.2, 0) is 16.6 Å². The number of halogens is 2. The van der Waals surface area contributed by atoms with Gasteiger partial charge in [0.05, 0.1) is 24.2 Å². The van der Waals surface area contributed by atoms with Gasteiger partial charge in [-0.05, 0) is 48.5 Å². The minimum Gasteiger partial charge on any atom is -0.496 e. The molecule has 0 fully saturated rings. The third-order valence-corrected chi connectivity index (χ3v) is 6.29. The standard InChI is InChI=1S/C20H17BrFNO3S/c1-26-20-8-3-2-5-15(20)14-23(18-7-4-6-16(21)13-18)27(24,25)19-11-9-17(22)10-12-19/h2-13H,14H2,1H3. The van der Waals surface area contributed by atoms with Gasteiger partial charge < -0.3 is 4.74 Å². The molecule has 0 radical (unpaired) electrons. The van der Waals surface area contributed by atoms with Crippen LogP contribution in [0.25, 0.3) is 0 Å². The molecule has 0 saturated carbocycles. The summed E-state index contributed by atoms with van der Waals surface area (Å²) in [6.45, 7) is 0.0696. The molecule has 140 valence electrons. The molecule has 0 aliphatic heterocycles. The lowest BCUT2D eigenvalue weighted by atomic mass is 10.2. The van der Waals surface area contributed by atoms with Crippen molar-refractivity contribution in [1.82, 2.24) is 0 Å². The number of sulfonamides is 1. The smallest absolute Gasteiger partial charge is 0.264 e. The van der Waals surface area contributed by atoms with Crippen molar-refractivity contribution in [2.24, 2.45) is 0 Å². The second-order valence-electron chi connectivity index (χ2n) is 5.76. The summed E-state index contributed by atoms with van der Waals surface area (Å²) in [6.07, 6.45) is 0. The van der Waals surface area contributed by atoms with E-state index in [1.807, 2.05) is 24.3 Å². The molecular formula is C20H17BrFNO3S. The Bertz CT molecular complexity index is 1040. The predicted molar refractivity (Wildman–Crippen MR) is 107 cm³/mol. The number of rotatable bonds is 6. The molecule has 7 heteroatoms. The van der Waals surface area contributed by atoms with Gasteiger partial charge in [0.1, 0.15) is 11.6 Å². The summed E-state index contributed by atoms with van der Waals surface area (Å²) in [7, 11) is -2.38. The minimum absolute atomic E-state index is 0.0128. The monoisotopic (exact) mass is 449 g/mol. The number of hydrogen-bond donors (Lipinski definition) is 0. The molecule has 3 aromatic rings. The maximum Gasteiger partial charge on any atom is 0.264 e. The van der Waals surface area contributed by atoms with Crippen LogP contribution in [0.4, 0.5) is 10.1 Å². The van der Waals surface area contributed by atoms with E-state index in [0.717, 1.165) is 16.6 Å². The number of nitrogens with zero attached hydrogens (tertiary/aromatic N) is 1. The Kier molecular flexibility index (Phi) is 5.82. The molecule has 0 aromatic heterocycles. The molecule has 3 rings (SSSR count). The van der Waals surface area contributed by atoms with Crippen LogP contribution in [0, 0.1) is 5.82 Å². The SMILES string of the molecule is COc1ccccc1CN(c1cccc(Br)c1)S(=O)(=O)c1ccc(F)cc1. The Morgan fingerprint density at radius 1 is 1.00 bits per heavy atom. The highest BCUT2D eigenvalue weighted by Gasteiger charge is 2.26. The first kappa shape index (κ1) is 19.4. The zero-order valence-electron chi connectivity index (χ0n) is 14.5. The number of benzene rings is 3. The highest BCUT2D eigenvalue weighted by atomic mass is 79.9. The number of para-hydroxylation sites is 1. The number of ether oxygens (including phenoxy) is 1. The number of hydrogen-bond acceptors (Lipinski definition) is 3. The van der Waals surface area contributed by atoms with Crippen LogP contribution in [0.2, 0.25) is 0 Å². The maximum absolute atomic E-state index is 13.3. The van der Waals surface area contributed by atoms with Crippen molar-refractivity contribution in [1.29, 1.82) is 0 Å². The topological polar surface area (TPSA) is 46.6 Å². The predicted octanol–water partition coefficient (Wildman–Crippen LogP) is 4.99. The van der Waals surface area contributed by atoms with Crippen LogP contribution in [0.15, 0.2) is 82.2 Å². The second-order valence-corrected chi connectivity index (χ2v) is 8.54. The number of anilines is 1. The van der Waals surface area contributed by atoms with Crippen molar-refractivity contribution in [3.63, 3.8) is 0 Å². The minimum atomic E-state index is -3.92. The van der Waals surface area contributed by atoms with Gasteiger partial charge in [-0.15, -0.1) is 0 Å². The summed E-state index contributed by atoms with van der Waals surface area (Å²) in [5, 5.41) is 0. The first-order chi connectivity index (χ1) is 12.9. The lowest BCUT2D eigenvalue weighted by molar-refractivity contribution is 0.410. The zero-order chi connectivity index (χ0) is 19.4. The fraction of sp³-hybridized carbons (Fsp3) is 0.100. The molecule has 0 saturated heterocycles. The van der Waals surface area contributed by atoms with Crippen LogP contribution in [0.5, 0.6) is 5.75 Å². The second kappa shape index (κ2) is 8.10. The van der Waals surface area contributed by atoms with Gasteiger partial charge in [0.25, 0.3) is 10.0 Å². The summed E-state index contributed by atoms with van der Waals surface area (Å²) in [4.78, 5) is 0.0128. The molecule has 0 spiro atoms. The van der Waals surface area contributed by atoms with Gasteiger partial charge in [-0.2, -0.15) is 0 Å². The molecule has 0 bridgehead atoms. The van der Waals surface area contributed by atoms with Crippen molar-refractivity contribution in [3.8, 4) is 5.75 Å². The highest BCUT2D eigenvalue weighted by Crippen LogP contribution is 2.30. The summed E-state index contributed by atoms with van der Waals surface area (Å²) in [5.74, 6) is 0.0967. The van der Waals surface area contributed by atoms with E-state index in [1.165, 1.54) is 23.5 Å². The third-order valence-electron chi connectivity index (χ3n) is 4.00. The van der Waals surface area contributed by atoms with Crippen LogP contribution in [0.3, 0.4) is 0 Å². The first-order valence-corrected chi connectivity index (χ1v) is 10.3. The van der Waals surface area contributed by atoms with Gasteiger partial charge >= 0.3 is 0 Å². The van der Waals surface area contributed by atoms with Crippen LogP contribution in [-0.4, -0.2) is 15.5 Å². The lowest BCUT2D eigenvalue weighted by Gasteiger charge is -2.25. The Morgan fingerprint density at radius 2 is 1.70 bits per heavy atom. The average molecular weight is 450 g/mol. The van der Waals surface area contributed by atoms with Gasteiger partial charge in [-0.1, -0.05) is 40.2 Å². The van der Waals surface area contributed by atoms with E-state index in [0.29, 0.717) is 17.0 Å². The zero-order valence-corrected chi connectivity index (χ0v) is 16.9. The van der Waals surface area contributed by atoms with Gasteiger partial charge in [0, 0.05) is 10.0 Å². The Morgan fingerprint density at radius 3 is 2.37 bits per heavy atom. The quantitative estimate of drug-likeness (QED) is 0.532. The van der Waals surface area contributed by atoms with Crippen molar-refractivity contribution < 1.29 is 17.5 Å². The Hall–Kier alpha value is -2.38. The van der Waals surface area contributed by atoms with Crippen LogP contribution >= 0.6 is 15.9 Å². The van der Waals surface area contributed by atoms with Crippen molar-refractivity contribution in [2.75, 3.05) is 11.4 Å². The molecule has 3 aromatic carbocycles. The van der Waals surface area contributed by atoms with E-state index in [4.69, 9.17) is 4.74 Å². The molecule has 0 N–H and O–H groups in total. The van der Waals surface area contributed by atoms with Crippen LogP contribution in [0.1, 0.15) is 5.56 Å². The van der Waals surface area contributed by atoms with E-state index in [9.17, 15) is 12.8 Å². The van der Waals surface area contributed by atoms with E-state index in [2.05, 4.69) is 15.9 Å². The Balaban J connectivity index is 2.11. The molecule has 0 aliphatic carbocycles. The van der Waals surface area contributed by atoms with E-state index < -0.39 is 15.8 Å². The van der Waals surface area contributed by atoms with Crippen LogP contribution < -0.4 is 9.04 Å². The first-order valence-electron chi connectivity index (χ1n) is 8.07. The molecule has 0 amide bonds. The average Bonchev–Trinajstić information content (AvgIpc) is 2.66. The van der Waals surface area contributed by atoms with Crippen molar-refractivity contribution in [3.05, 3.63) is 88.6 Å². The molecule has 0 atom stereocenters. The maximum atomic E-state index is 13.3. The van der Waals surface area contributed by atoms with Gasteiger partial charge in [0.2, 0.25) is 0 Å². The summed E-state index contributed by atoms with van der Waals surface area (Å²) in [5.41, 5.74) is 1.20. The summed E-state index contributed by atoms with van der Waals surface area (Å²) >= 11 is 3.38. The fourth-order valence-electron chi connectivity index (χ4n) is 2.67. The van der Waals surface area contributed by atoms with E-state index in [-0.39, 0.29) is 11.4 Å². The fourth-order valence-corrected chi connectivity index (χ4v) is 4.49. The molecular weight excluding hydrogens is 433 g/mol. The largest absolute Gasteiger partial charge is 0.496 e. The van der Waals surface area contributed by atoms with Crippen molar-refractivity contribution in [2.45, 2.75) is 11.4 Å². The van der Waals surface area contributed by atoms with E-state index >= 15 is 0 Å². The molecule has 27 heavy (non-hydrogen) atoms. The molecule has 4 nitrogen and oxygen atoms in total. The van der Waals surface area contributed by atoms with Gasteiger partial charge in [0.15, 0.2) is 0 Å². The highest BCUT2D eigenvalue weighted by molar-refractivity contribution is 9.10. The summed E-state index contributed by atoms with van der Waals surface area (Å²) in [6, 6.07) is 19.0. The van der Waals surface area contributed by atoms with Crippen molar-refractivity contribution >= 4 is 31.6 Å².